The fraction of sp³-hybridized carbons (Fsp3) is 0.722. The van der Waals surface area contributed by atoms with Crippen molar-refractivity contribution >= 4 is 17.8 Å². The Bertz CT molecular complexity index is 505. The van der Waals surface area contributed by atoms with E-state index in [4.69, 9.17) is 4.74 Å². The number of allylic oxidation sites excluding steroid dienone is 1. The van der Waals surface area contributed by atoms with Crippen LogP contribution in [0.25, 0.3) is 0 Å². The van der Waals surface area contributed by atoms with Crippen molar-refractivity contribution in [3.8, 4) is 0 Å². The van der Waals surface area contributed by atoms with Crippen LogP contribution in [-0.2, 0) is 19.1 Å². The third-order valence-corrected chi connectivity index (χ3v) is 4.76. The first kappa shape index (κ1) is 20.2. The maximum absolute atomic E-state index is 13.0. The summed E-state index contributed by atoms with van der Waals surface area (Å²) in [5.74, 6) is -1.03. The molecule has 0 aromatic heterocycles. The Morgan fingerprint density at radius 2 is 2.00 bits per heavy atom. The summed E-state index contributed by atoms with van der Waals surface area (Å²) in [6.07, 6.45) is 5.17. The predicted octanol–water partition coefficient (Wildman–Crippen LogP) is 2.09. The van der Waals surface area contributed by atoms with Crippen molar-refractivity contribution < 1.29 is 19.1 Å². The second-order valence-electron chi connectivity index (χ2n) is 6.76. The van der Waals surface area contributed by atoms with Crippen LogP contribution >= 0.6 is 0 Å². The van der Waals surface area contributed by atoms with E-state index in [2.05, 4.69) is 17.2 Å². The molecule has 0 heterocycles. The topological polar surface area (TPSA) is 84.5 Å². The lowest BCUT2D eigenvalue weighted by molar-refractivity contribution is -0.178. The molecule has 2 N–H and O–H groups in total. The highest BCUT2D eigenvalue weighted by Gasteiger charge is 2.59. The van der Waals surface area contributed by atoms with Gasteiger partial charge >= 0.3 is 5.97 Å². The van der Waals surface area contributed by atoms with Crippen molar-refractivity contribution in [2.75, 3.05) is 6.54 Å². The number of carbonyl (C=O) groups excluding carboxylic acids is 3. The van der Waals surface area contributed by atoms with Gasteiger partial charge in [-0.2, -0.15) is 0 Å². The summed E-state index contributed by atoms with van der Waals surface area (Å²) < 4.78 is 5.57. The van der Waals surface area contributed by atoms with Gasteiger partial charge in [0, 0.05) is 20.4 Å². The number of hydrogen-bond acceptors (Lipinski definition) is 4. The van der Waals surface area contributed by atoms with Gasteiger partial charge in [0.05, 0.1) is 0 Å². The van der Waals surface area contributed by atoms with Crippen LogP contribution in [0.2, 0.25) is 0 Å². The van der Waals surface area contributed by atoms with Gasteiger partial charge in [0.25, 0.3) is 0 Å². The average Bonchev–Trinajstić information content (AvgIpc) is 2.48. The molecule has 1 fully saturated rings. The number of esters is 1. The molecular weight excluding hydrogens is 308 g/mol. The maximum atomic E-state index is 13.0. The van der Waals surface area contributed by atoms with E-state index in [9.17, 15) is 14.4 Å². The van der Waals surface area contributed by atoms with Crippen LogP contribution in [0, 0.1) is 5.92 Å². The van der Waals surface area contributed by atoms with Crippen LogP contribution in [-0.4, -0.2) is 35.5 Å². The number of carbonyl (C=O) groups is 3. The number of ether oxygens (including phenoxy) is 1. The summed E-state index contributed by atoms with van der Waals surface area (Å²) in [6, 6.07) is 0. The highest BCUT2D eigenvalue weighted by molar-refractivity contribution is 5.93. The first-order valence-corrected chi connectivity index (χ1v) is 8.60. The van der Waals surface area contributed by atoms with Gasteiger partial charge in [-0.05, 0) is 38.5 Å². The molecule has 1 rings (SSSR count). The Morgan fingerprint density at radius 3 is 2.50 bits per heavy atom. The number of hydrogen-bond donors (Lipinski definition) is 2. The van der Waals surface area contributed by atoms with Gasteiger partial charge in [-0.3, -0.25) is 14.4 Å². The van der Waals surface area contributed by atoms with E-state index < -0.39 is 17.1 Å². The Labute approximate surface area is 144 Å². The largest absolute Gasteiger partial charge is 0.456 e. The molecule has 3 atom stereocenters. The third-order valence-electron chi connectivity index (χ3n) is 4.76. The number of amides is 2. The Kier molecular flexibility index (Phi) is 6.99. The molecule has 0 bridgehead atoms. The van der Waals surface area contributed by atoms with Crippen LogP contribution < -0.4 is 10.6 Å². The first-order chi connectivity index (χ1) is 11.2. The predicted molar refractivity (Wildman–Crippen MR) is 92.2 cm³/mol. The van der Waals surface area contributed by atoms with E-state index >= 15 is 0 Å². The van der Waals surface area contributed by atoms with Crippen molar-refractivity contribution in [1.82, 2.24) is 10.6 Å². The second-order valence-corrected chi connectivity index (χ2v) is 6.76. The molecule has 136 valence electrons. The summed E-state index contributed by atoms with van der Waals surface area (Å²) in [5.41, 5.74) is -2.39. The van der Waals surface area contributed by atoms with Gasteiger partial charge in [0.15, 0.2) is 5.54 Å². The van der Waals surface area contributed by atoms with Crippen LogP contribution in [0.5, 0.6) is 0 Å². The molecule has 0 aromatic carbocycles. The molecule has 3 unspecified atom stereocenters. The Balaban J connectivity index is 3.27. The van der Waals surface area contributed by atoms with Crippen molar-refractivity contribution in [1.29, 1.82) is 0 Å². The van der Waals surface area contributed by atoms with E-state index in [0.717, 1.165) is 19.3 Å². The van der Waals surface area contributed by atoms with Crippen LogP contribution in [0.4, 0.5) is 0 Å². The van der Waals surface area contributed by atoms with Crippen LogP contribution in [0.15, 0.2) is 12.7 Å². The normalized spacial score (nSPS) is 29.4. The molecule has 1 aliphatic rings. The van der Waals surface area contributed by atoms with Crippen molar-refractivity contribution in [2.24, 2.45) is 5.92 Å². The van der Waals surface area contributed by atoms with Crippen LogP contribution in [0.1, 0.15) is 59.8 Å². The zero-order valence-electron chi connectivity index (χ0n) is 15.2. The summed E-state index contributed by atoms with van der Waals surface area (Å²) in [5, 5.41) is 5.70. The molecule has 6 heteroatoms. The van der Waals surface area contributed by atoms with Gasteiger partial charge in [0.1, 0.15) is 5.60 Å². The molecule has 0 saturated heterocycles. The fourth-order valence-corrected chi connectivity index (χ4v) is 3.44. The van der Waals surface area contributed by atoms with E-state index in [-0.39, 0.29) is 17.7 Å². The lowest BCUT2D eigenvalue weighted by Gasteiger charge is -2.51. The summed E-state index contributed by atoms with van der Waals surface area (Å²) in [4.78, 5) is 36.5. The standard InChI is InChI=1S/C18H30N2O4/c1-6-8-11-19-16(23)18(20-13(3)21)12-15(7-2)9-10-17(18,5)24-14(4)22/h7,15H,2,6,8-12H2,1,3-5H3,(H,19,23)(H,20,21). The summed E-state index contributed by atoms with van der Waals surface area (Å²) >= 11 is 0. The average molecular weight is 338 g/mol. The van der Waals surface area contributed by atoms with Crippen molar-refractivity contribution in [3.63, 3.8) is 0 Å². The highest BCUT2D eigenvalue weighted by atomic mass is 16.6. The molecule has 24 heavy (non-hydrogen) atoms. The molecule has 0 spiro atoms. The van der Waals surface area contributed by atoms with Gasteiger partial charge in [-0.25, -0.2) is 0 Å². The molecule has 0 aromatic rings. The molecule has 0 radical (unpaired) electrons. The molecule has 2 amide bonds. The maximum Gasteiger partial charge on any atom is 0.303 e. The van der Waals surface area contributed by atoms with Crippen molar-refractivity contribution in [2.45, 2.75) is 70.9 Å². The number of rotatable bonds is 7. The quantitative estimate of drug-likeness (QED) is 0.423. The summed E-state index contributed by atoms with van der Waals surface area (Å²) in [6.45, 7) is 10.8. The molecule has 1 saturated carbocycles. The number of unbranched alkanes of at least 4 members (excludes halogenated alkanes) is 1. The minimum absolute atomic E-state index is 0.0670. The van der Waals surface area contributed by atoms with Crippen LogP contribution in [0.3, 0.4) is 0 Å². The SMILES string of the molecule is C=CC1CCC(C)(OC(C)=O)C(NC(C)=O)(C(=O)NCCCC)C1. The number of nitrogens with one attached hydrogen (secondary N) is 2. The molecule has 0 aliphatic heterocycles. The molecule has 6 nitrogen and oxygen atoms in total. The lowest BCUT2D eigenvalue weighted by atomic mass is 9.65. The first-order valence-electron chi connectivity index (χ1n) is 8.60. The Morgan fingerprint density at radius 1 is 1.33 bits per heavy atom. The van der Waals surface area contributed by atoms with E-state index in [1.165, 1.54) is 13.8 Å². The molecule has 1 aliphatic carbocycles. The minimum atomic E-state index is -1.30. The van der Waals surface area contributed by atoms with Gasteiger partial charge in [-0.1, -0.05) is 19.4 Å². The van der Waals surface area contributed by atoms with Gasteiger partial charge < -0.3 is 15.4 Å². The molecular formula is C18H30N2O4. The monoisotopic (exact) mass is 338 g/mol. The van der Waals surface area contributed by atoms with E-state index in [1.54, 1.807) is 13.0 Å². The highest BCUT2D eigenvalue weighted by Crippen LogP contribution is 2.43. The van der Waals surface area contributed by atoms with Gasteiger partial charge in [-0.15, -0.1) is 6.58 Å². The van der Waals surface area contributed by atoms with Gasteiger partial charge in [0.2, 0.25) is 11.8 Å². The fourth-order valence-electron chi connectivity index (χ4n) is 3.44. The Hall–Kier alpha value is -1.85. The smallest absolute Gasteiger partial charge is 0.303 e. The summed E-state index contributed by atoms with van der Waals surface area (Å²) in [7, 11) is 0. The minimum Gasteiger partial charge on any atom is -0.456 e. The lowest BCUT2D eigenvalue weighted by Crippen LogP contribution is -2.73. The zero-order chi connectivity index (χ0) is 18.4. The second kappa shape index (κ2) is 8.31. The zero-order valence-corrected chi connectivity index (χ0v) is 15.2. The van der Waals surface area contributed by atoms with Crippen molar-refractivity contribution in [3.05, 3.63) is 12.7 Å². The van der Waals surface area contributed by atoms with E-state index in [1.807, 2.05) is 6.92 Å². The third kappa shape index (κ3) is 4.36. The van der Waals surface area contributed by atoms with E-state index in [0.29, 0.717) is 19.4 Å².